The van der Waals surface area contributed by atoms with Gasteiger partial charge in [-0.05, 0) is 38.0 Å². The molecule has 3 aromatic rings. The van der Waals surface area contributed by atoms with E-state index in [1.165, 1.54) is 6.26 Å². The molecular formula is C18H17N3O4. The predicted molar refractivity (Wildman–Crippen MR) is 90.3 cm³/mol. The third-order valence-corrected chi connectivity index (χ3v) is 4.46. The summed E-state index contributed by atoms with van der Waals surface area (Å²) in [5, 5.41) is 4.14. The van der Waals surface area contributed by atoms with Crippen molar-refractivity contribution < 1.29 is 13.6 Å². The first-order valence-electron chi connectivity index (χ1n) is 8.07. The third-order valence-electron chi connectivity index (χ3n) is 4.46. The van der Waals surface area contributed by atoms with Gasteiger partial charge in [-0.2, -0.15) is 4.68 Å². The maximum atomic E-state index is 12.8. The summed E-state index contributed by atoms with van der Waals surface area (Å²) in [4.78, 5) is 26.5. The largest absolute Gasteiger partial charge is 0.469 e. The van der Waals surface area contributed by atoms with Crippen LogP contribution in [0, 0.1) is 6.92 Å². The maximum Gasteiger partial charge on any atom is 0.437 e. The van der Waals surface area contributed by atoms with Crippen LogP contribution >= 0.6 is 0 Å². The van der Waals surface area contributed by atoms with Crippen molar-refractivity contribution in [3.8, 4) is 11.5 Å². The Hall–Kier alpha value is -3.09. The Labute approximate surface area is 143 Å². The number of carbonyl (C=O) groups is 1. The van der Waals surface area contributed by atoms with Crippen LogP contribution in [0.3, 0.4) is 0 Å². The normalized spacial score (nSPS) is 16.2. The van der Waals surface area contributed by atoms with Crippen molar-refractivity contribution >= 4 is 11.6 Å². The van der Waals surface area contributed by atoms with E-state index in [0.29, 0.717) is 11.3 Å². The van der Waals surface area contributed by atoms with Crippen molar-refractivity contribution in [1.82, 2.24) is 9.78 Å². The Bertz CT molecular complexity index is 998. The number of nitrogens with zero attached hydrogens (tertiary/aromatic N) is 3. The van der Waals surface area contributed by atoms with Crippen molar-refractivity contribution in [2.75, 3.05) is 4.90 Å². The molecule has 0 radical (unpaired) electrons. The minimum absolute atomic E-state index is 0.0445. The average Bonchev–Trinajstić information content (AvgIpc) is 3.24. The molecule has 2 aromatic heterocycles. The summed E-state index contributed by atoms with van der Waals surface area (Å²) in [6.45, 7) is 3.57. The lowest BCUT2D eigenvalue weighted by atomic mass is 10.1. The first kappa shape index (κ1) is 15.4. The first-order valence-corrected chi connectivity index (χ1v) is 8.07. The second kappa shape index (κ2) is 5.77. The summed E-state index contributed by atoms with van der Waals surface area (Å²) in [7, 11) is 0. The van der Waals surface area contributed by atoms with Crippen LogP contribution in [-0.2, 0) is 17.8 Å². The number of amides is 1. The molecule has 25 heavy (non-hydrogen) atoms. The van der Waals surface area contributed by atoms with Crippen LogP contribution in [0.25, 0.3) is 11.5 Å². The molecule has 0 saturated carbocycles. The van der Waals surface area contributed by atoms with E-state index in [1.54, 1.807) is 17.9 Å². The van der Waals surface area contributed by atoms with Gasteiger partial charge in [0, 0.05) is 11.7 Å². The standard InChI is InChI=1S/C18H17N3O4/c1-11-9-13-5-3-4-6-15(13)21(11)16(22)10-20-18(23)25-17(19-20)14-7-8-24-12(14)2/h3-8,11H,9-10H2,1-2H3/t11-/m0/s1. The molecule has 0 saturated heterocycles. The number of para-hydroxylation sites is 1. The zero-order valence-corrected chi connectivity index (χ0v) is 13.9. The second-order valence-corrected chi connectivity index (χ2v) is 6.17. The van der Waals surface area contributed by atoms with Crippen LogP contribution in [0.4, 0.5) is 5.69 Å². The van der Waals surface area contributed by atoms with Crippen molar-refractivity contribution in [2.45, 2.75) is 32.9 Å². The molecule has 3 heterocycles. The summed E-state index contributed by atoms with van der Waals surface area (Å²) in [6, 6.07) is 9.51. The molecule has 1 aromatic carbocycles. The monoisotopic (exact) mass is 339 g/mol. The minimum Gasteiger partial charge on any atom is -0.469 e. The van der Waals surface area contributed by atoms with Crippen molar-refractivity contribution in [2.24, 2.45) is 0 Å². The van der Waals surface area contributed by atoms with Gasteiger partial charge in [-0.3, -0.25) is 4.79 Å². The molecule has 0 bridgehead atoms. The van der Waals surface area contributed by atoms with Crippen LogP contribution in [-0.4, -0.2) is 21.7 Å². The van der Waals surface area contributed by atoms with Crippen LogP contribution < -0.4 is 10.7 Å². The number of aryl methyl sites for hydroxylation is 1. The van der Waals surface area contributed by atoms with Crippen LogP contribution in [0.2, 0.25) is 0 Å². The average molecular weight is 339 g/mol. The Kier molecular flexibility index (Phi) is 3.56. The van der Waals surface area contributed by atoms with Gasteiger partial charge in [0.25, 0.3) is 5.89 Å². The summed E-state index contributed by atoms with van der Waals surface area (Å²) in [5.74, 6) is -0.104. The molecule has 7 nitrogen and oxygen atoms in total. The third kappa shape index (κ3) is 2.57. The van der Waals surface area contributed by atoms with Crippen LogP contribution in [0.5, 0.6) is 0 Å². The maximum absolute atomic E-state index is 12.8. The number of benzene rings is 1. The summed E-state index contributed by atoms with van der Waals surface area (Å²) in [6.07, 6.45) is 2.30. The number of aromatic nitrogens is 2. The fourth-order valence-corrected chi connectivity index (χ4v) is 3.27. The molecule has 0 fully saturated rings. The van der Waals surface area contributed by atoms with E-state index >= 15 is 0 Å². The fraction of sp³-hybridized carbons (Fsp3) is 0.278. The van der Waals surface area contributed by atoms with Gasteiger partial charge in [0.15, 0.2) is 0 Å². The Morgan fingerprint density at radius 2 is 2.12 bits per heavy atom. The minimum atomic E-state index is -0.663. The van der Waals surface area contributed by atoms with E-state index in [0.717, 1.165) is 22.4 Å². The summed E-state index contributed by atoms with van der Waals surface area (Å²) in [5.41, 5.74) is 2.62. The lowest BCUT2D eigenvalue weighted by molar-refractivity contribution is -0.119. The Morgan fingerprint density at radius 1 is 1.32 bits per heavy atom. The van der Waals surface area contributed by atoms with Gasteiger partial charge in [-0.1, -0.05) is 18.2 Å². The topological polar surface area (TPSA) is 81.5 Å². The van der Waals surface area contributed by atoms with E-state index in [-0.39, 0.29) is 24.4 Å². The fourth-order valence-electron chi connectivity index (χ4n) is 3.27. The first-order chi connectivity index (χ1) is 12.0. The molecule has 1 atom stereocenters. The zero-order valence-electron chi connectivity index (χ0n) is 13.9. The lowest BCUT2D eigenvalue weighted by Crippen LogP contribution is -2.39. The molecule has 0 unspecified atom stereocenters. The van der Waals surface area contributed by atoms with Gasteiger partial charge in [-0.25, -0.2) is 4.79 Å². The van der Waals surface area contributed by atoms with E-state index in [1.807, 2.05) is 31.2 Å². The number of furan rings is 1. The molecule has 0 N–H and O–H groups in total. The highest BCUT2D eigenvalue weighted by atomic mass is 16.4. The highest BCUT2D eigenvalue weighted by Gasteiger charge is 2.31. The van der Waals surface area contributed by atoms with Crippen molar-refractivity contribution in [1.29, 1.82) is 0 Å². The Morgan fingerprint density at radius 3 is 2.88 bits per heavy atom. The molecule has 1 amide bonds. The molecule has 1 aliphatic rings. The van der Waals surface area contributed by atoms with Crippen molar-refractivity contribution in [3.63, 3.8) is 0 Å². The van der Waals surface area contributed by atoms with Gasteiger partial charge < -0.3 is 13.7 Å². The summed E-state index contributed by atoms with van der Waals surface area (Å²) < 4.78 is 11.4. The molecule has 0 spiro atoms. The Balaban J connectivity index is 1.61. The van der Waals surface area contributed by atoms with Crippen molar-refractivity contribution in [3.05, 3.63) is 58.5 Å². The molecule has 4 rings (SSSR count). The molecule has 7 heteroatoms. The number of carbonyl (C=O) groups excluding carboxylic acids is 1. The van der Waals surface area contributed by atoms with E-state index in [2.05, 4.69) is 5.10 Å². The highest BCUT2D eigenvalue weighted by molar-refractivity contribution is 5.96. The van der Waals surface area contributed by atoms with E-state index in [9.17, 15) is 9.59 Å². The number of rotatable bonds is 3. The number of anilines is 1. The molecular weight excluding hydrogens is 322 g/mol. The molecule has 0 aliphatic carbocycles. The van der Waals surface area contributed by atoms with Crippen LogP contribution in [0.15, 0.2) is 50.2 Å². The van der Waals surface area contributed by atoms with E-state index in [4.69, 9.17) is 8.83 Å². The number of hydrogen-bond acceptors (Lipinski definition) is 5. The summed E-state index contributed by atoms with van der Waals surface area (Å²) >= 11 is 0. The molecule has 1 aliphatic heterocycles. The highest BCUT2D eigenvalue weighted by Crippen LogP contribution is 2.32. The second-order valence-electron chi connectivity index (χ2n) is 6.17. The number of fused-ring (bicyclic) bond motifs is 1. The predicted octanol–water partition coefficient (Wildman–Crippen LogP) is 2.38. The van der Waals surface area contributed by atoms with Gasteiger partial charge in [-0.15, -0.1) is 5.10 Å². The van der Waals surface area contributed by atoms with Crippen LogP contribution in [0.1, 0.15) is 18.2 Å². The van der Waals surface area contributed by atoms with E-state index < -0.39 is 5.76 Å². The zero-order chi connectivity index (χ0) is 17.6. The SMILES string of the molecule is Cc1occc1-c1nn(CC(=O)N2c3ccccc3C[C@@H]2C)c(=O)o1. The molecule has 128 valence electrons. The van der Waals surface area contributed by atoms with Gasteiger partial charge in [0.1, 0.15) is 12.3 Å². The smallest absolute Gasteiger partial charge is 0.437 e. The lowest BCUT2D eigenvalue weighted by Gasteiger charge is -2.22. The van der Waals surface area contributed by atoms with Gasteiger partial charge in [0.2, 0.25) is 5.91 Å². The van der Waals surface area contributed by atoms with Gasteiger partial charge >= 0.3 is 5.76 Å². The van der Waals surface area contributed by atoms with Gasteiger partial charge in [0.05, 0.1) is 11.8 Å². The number of hydrogen-bond donors (Lipinski definition) is 0. The quantitative estimate of drug-likeness (QED) is 0.732.